The van der Waals surface area contributed by atoms with Crippen LogP contribution in [0.3, 0.4) is 0 Å². The number of aromatic amines is 1. The Balaban J connectivity index is 1.55. The number of fused-ring (bicyclic) bond motifs is 1. The smallest absolute Gasteiger partial charge is 0.319 e. The van der Waals surface area contributed by atoms with Gasteiger partial charge in [0.25, 0.3) is 0 Å². The minimum atomic E-state index is -0.423. The Morgan fingerprint density at radius 2 is 1.71 bits per heavy atom. The molecule has 7 heteroatoms. The van der Waals surface area contributed by atoms with E-state index in [9.17, 15) is 14.7 Å². The SMILES string of the molecule is CC(=O)c1ccc(NC(=O)N[C@@H](Cc2ccc(O)cc2)c2nc3ccccc3[nH]2)cc1. The molecule has 4 rings (SSSR count). The van der Waals surface area contributed by atoms with Crippen molar-refractivity contribution in [3.63, 3.8) is 0 Å². The normalized spacial score (nSPS) is 11.8. The van der Waals surface area contributed by atoms with Crippen LogP contribution >= 0.6 is 0 Å². The Hall–Kier alpha value is -4.13. The predicted octanol–water partition coefficient (Wildman–Crippen LogP) is 4.58. The van der Waals surface area contributed by atoms with E-state index in [2.05, 4.69) is 20.6 Å². The number of anilines is 1. The summed E-state index contributed by atoms with van der Waals surface area (Å²) in [4.78, 5) is 32.0. The van der Waals surface area contributed by atoms with Gasteiger partial charge in [-0.25, -0.2) is 9.78 Å². The van der Waals surface area contributed by atoms with Crippen LogP contribution in [0.25, 0.3) is 11.0 Å². The molecule has 0 aliphatic heterocycles. The molecular weight excluding hydrogens is 392 g/mol. The third-order valence-electron chi connectivity index (χ3n) is 4.97. The van der Waals surface area contributed by atoms with Gasteiger partial charge in [-0.3, -0.25) is 4.79 Å². The molecule has 1 heterocycles. The van der Waals surface area contributed by atoms with E-state index in [0.717, 1.165) is 16.6 Å². The molecule has 0 radical (unpaired) electrons. The summed E-state index contributed by atoms with van der Waals surface area (Å²) in [6, 6.07) is 20.4. The molecule has 7 nitrogen and oxygen atoms in total. The van der Waals surface area contributed by atoms with E-state index in [1.807, 2.05) is 36.4 Å². The fraction of sp³-hybridized carbons (Fsp3) is 0.125. The third-order valence-corrected chi connectivity index (χ3v) is 4.97. The van der Waals surface area contributed by atoms with Crippen molar-refractivity contribution in [2.24, 2.45) is 0 Å². The van der Waals surface area contributed by atoms with Crippen LogP contribution < -0.4 is 10.6 Å². The summed E-state index contributed by atoms with van der Waals surface area (Å²) < 4.78 is 0. The minimum Gasteiger partial charge on any atom is -0.508 e. The lowest BCUT2D eigenvalue weighted by atomic mass is 10.1. The predicted molar refractivity (Wildman–Crippen MR) is 119 cm³/mol. The van der Waals surface area contributed by atoms with Crippen molar-refractivity contribution in [1.29, 1.82) is 0 Å². The molecule has 3 aromatic carbocycles. The van der Waals surface area contributed by atoms with E-state index in [1.165, 1.54) is 6.92 Å². The molecule has 1 aromatic heterocycles. The Kier molecular flexibility index (Phi) is 5.66. The number of nitrogens with zero attached hydrogens (tertiary/aromatic N) is 1. The first-order valence-corrected chi connectivity index (χ1v) is 9.89. The van der Waals surface area contributed by atoms with Gasteiger partial charge in [0.15, 0.2) is 5.78 Å². The van der Waals surface area contributed by atoms with Gasteiger partial charge >= 0.3 is 6.03 Å². The number of urea groups is 1. The minimum absolute atomic E-state index is 0.0325. The van der Waals surface area contributed by atoms with Gasteiger partial charge in [0.05, 0.1) is 17.1 Å². The molecule has 0 aliphatic carbocycles. The van der Waals surface area contributed by atoms with Crippen molar-refractivity contribution < 1.29 is 14.7 Å². The number of phenolic OH excluding ortho intramolecular Hbond substituents is 1. The van der Waals surface area contributed by atoms with Crippen LogP contribution in [0.5, 0.6) is 5.75 Å². The van der Waals surface area contributed by atoms with Gasteiger partial charge < -0.3 is 20.7 Å². The number of aromatic nitrogens is 2. The van der Waals surface area contributed by atoms with E-state index in [1.54, 1.807) is 36.4 Å². The van der Waals surface area contributed by atoms with E-state index >= 15 is 0 Å². The van der Waals surface area contributed by atoms with Crippen molar-refractivity contribution in [3.8, 4) is 5.75 Å². The van der Waals surface area contributed by atoms with Gasteiger partial charge in [-0.15, -0.1) is 0 Å². The highest BCUT2D eigenvalue weighted by Gasteiger charge is 2.19. The Labute approximate surface area is 179 Å². The lowest BCUT2D eigenvalue weighted by Gasteiger charge is -2.18. The zero-order chi connectivity index (χ0) is 21.8. The van der Waals surface area contributed by atoms with E-state index in [-0.39, 0.29) is 17.6 Å². The van der Waals surface area contributed by atoms with E-state index < -0.39 is 6.04 Å². The topological polar surface area (TPSA) is 107 Å². The summed E-state index contributed by atoms with van der Waals surface area (Å²) in [5.41, 5.74) is 3.80. The first-order chi connectivity index (χ1) is 15.0. The second-order valence-electron chi connectivity index (χ2n) is 7.29. The summed E-state index contributed by atoms with van der Waals surface area (Å²) in [5, 5.41) is 15.3. The van der Waals surface area contributed by atoms with Crippen molar-refractivity contribution in [2.45, 2.75) is 19.4 Å². The highest BCUT2D eigenvalue weighted by Crippen LogP contribution is 2.21. The monoisotopic (exact) mass is 414 g/mol. The fourth-order valence-corrected chi connectivity index (χ4v) is 3.34. The van der Waals surface area contributed by atoms with Crippen molar-refractivity contribution in [3.05, 3.63) is 89.7 Å². The number of Topliss-reactive ketones (excluding diaryl/α,β-unsaturated/α-hetero) is 1. The van der Waals surface area contributed by atoms with Gasteiger partial charge in [0, 0.05) is 11.3 Å². The molecule has 31 heavy (non-hydrogen) atoms. The molecule has 2 amide bonds. The van der Waals surface area contributed by atoms with E-state index in [4.69, 9.17) is 0 Å². The molecular formula is C24H22N4O3. The molecule has 156 valence electrons. The lowest BCUT2D eigenvalue weighted by molar-refractivity contribution is 0.101. The van der Waals surface area contributed by atoms with Crippen LogP contribution in [-0.4, -0.2) is 26.9 Å². The summed E-state index contributed by atoms with van der Waals surface area (Å²) >= 11 is 0. The quantitative estimate of drug-likeness (QED) is 0.347. The summed E-state index contributed by atoms with van der Waals surface area (Å²) in [5.74, 6) is 0.787. The number of phenols is 1. The third kappa shape index (κ3) is 4.90. The second-order valence-corrected chi connectivity index (χ2v) is 7.29. The zero-order valence-corrected chi connectivity index (χ0v) is 16.9. The van der Waals surface area contributed by atoms with Gasteiger partial charge in [-0.2, -0.15) is 0 Å². The van der Waals surface area contributed by atoms with Crippen LogP contribution in [-0.2, 0) is 6.42 Å². The Morgan fingerprint density at radius 3 is 2.39 bits per heavy atom. The van der Waals surface area contributed by atoms with Crippen LogP contribution in [0.2, 0.25) is 0 Å². The number of hydrogen-bond acceptors (Lipinski definition) is 4. The average molecular weight is 414 g/mol. The van der Waals surface area contributed by atoms with Crippen molar-refractivity contribution in [1.82, 2.24) is 15.3 Å². The number of benzene rings is 3. The summed E-state index contributed by atoms with van der Waals surface area (Å²) in [7, 11) is 0. The van der Waals surface area contributed by atoms with Gasteiger partial charge in [0.2, 0.25) is 0 Å². The molecule has 0 bridgehead atoms. The van der Waals surface area contributed by atoms with Crippen molar-refractivity contribution >= 4 is 28.5 Å². The zero-order valence-electron chi connectivity index (χ0n) is 16.9. The molecule has 4 N–H and O–H groups in total. The Bertz CT molecular complexity index is 1180. The number of nitrogens with one attached hydrogen (secondary N) is 3. The molecule has 0 unspecified atom stereocenters. The number of carbonyl (C=O) groups excluding carboxylic acids is 2. The molecule has 4 aromatic rings. The van der Waals surface area contributed by atoms with Crippen LogP contribution in [0.4, 0.5) is 10.5 Å². The average Bonchev–Trinajstić information content (AvgIpc) is 3.19. The maximum Gasteiger partial charge on any atom is 0.319 e. The number of ketones is 1. The van der Waals surface area contributed by atoms with Crippen LogP contribution in [0, 0.1) is 0 Å². The maximum atomic E-state index is 12.7. The second kappa shape index (κ2) is 8.71. The standard InChI is InChI=1S/C24H22N4O3/c1-15(29)17-8-10-18(11-9-17)25-24(31)28-22(14-16-6-12-19(30)13-7-16)23-26-20-4-2-3-5-21(20)27-23/h2-13,22,30H,14H2,1H3,(H,26,27)(H2,25,28,31)/t22-/m0/s1. The Morgan fingerprint density at radius 1 is 1.00 bits per heavy atom. The maximum absolute atomic E-state index is 12.7. The number of aromatic hydroxyl groups is 1. The molecule has 1 atom stereocenters. The number of H-pyrrole nitrogens is 1. The number of para-hydroxylation sites is 2. The summed E-state index contributed by atoms with van der Waals surface area (Å²) in [6.07, 6.45) is 0.483. The summed E-state index contributed by atoms with van der Waals surface area (Å²) in [6.45, 7) is 1.50. The van der Waals surface area contributed by atoms with Gasteiger partial charge in [0.1, 0.15) is 11.6 Å². The molecule has 0 saturated carbocycles. The first kappa shape index (κ1) is 20.2. The van der Waals surface area contributed by atoms with Crippen LogP contribution in [0.15, 0.2) is 72.8 Å². The number of amides is 2. The molecule has 0 fully saturated rings. The fourth-order valence-electron chi connectivity index (χ4n) is 3.34. The lowest BCUT2D eigenvalue weighted by Crippen LogP contribution is -2.34. The molecule has 0 aliphatic rings. The van der Waals surface area contributed by atoms with Crippen molar-refractivity contribution in [2.75, 3.05) is 5.32 Å². The first-order valence-electron chi connectivity index (χ1n) is 9.89. The van der Waals surface area contributed by atoms with Gasteiger partial charge in [-0.05, 0) is 67.4 Å². The number of rotatable bonds is 6. The van der Waals surface area contributed by atoms with E-state index in [0.29, 0.717) is 23.5 Å². The largest absolute Gasteiger partial charge is 0.508 e. The van der Waals surface area contributed by atoms with Crippen LogP contribution in [0.1, 0.15) is 34.7 Å². The number of hydrogen-bond donors (Lipinski definition) is 4. The molecule has 0 spiro atoms. The number of carbonyl (C=O) groups is 2. The number of imidazole rings is 1. The highest BCUT2D eigenvalue weighted by atomic mass is 16.3. The van der Waals surface area contributed by atoms with Gasteiger partial charge in [-0.1, -0.05) is 24.3 Å². The molecule has 0 saturated heterocycles. The highest BCUT2D eigenvalue weighted by molar-refractivity contribution is 5.95.